The van der Waals surface area contributed by atoms with Crippen LogP contribution in [0, 0.1) is 6.92 Å². The van der Waals surface area contributed by atoms with Crippen molar-refractivity contribution in [1.82, 2.24) is 19.4 Å². The molecule has 0 saturated carbocycles. The minimum atomic E-state index is 0.697. The molecule has 4 rings (SSSR count). The first kappa shape index (κ1) is 15.3. The molecule has 1 aliphatic rings. The van der Waals surface area contributed by atoms with Gasteiger partial charge in [-0.1, -0.05) is 29.8 Å². The van der Waals surface area contributed by atoms with Crippen molar-refractivity contribution < 1.29 is 0 Å². The Labute approximate surface area is 143 Å². The molecule has 0 N–H and O–H groups in total. The average Bonchev–Trinajstić information content (AvgIpc) is 2.92. The van der Waals surface area contributed by atoms with Crippen molar-refractivity contribution in [3.8, 4) is 0 Å². The van der Waals surface area contributed by atoms with Crippen LogP contribution >= 0.6 is 0 Å². The fraction of sp³-hybridized carbons (Fsp3) is 0.400. The Hall–Kier alpha value is -2.20. The first-order valence-corrected chi connectivity index (χ1v) is 8.76. The Morgan fingerprint density at radius 1 is 1.12 bits per heavy atom. The van der Waals surface area contributed by atoms with Crippen LogP contribution in [0.1, 0.15) is 35.7 Å². The lowest BCUT2D eigenvalue weighted by Crippen LogP contribution is -2.33. The van der Waals surface area contributed by atoms with Crippen LogP contribution in [0.15, 0.2) is 42.6 Å². The molecule has 4 heteroatoms. The zero-order chi connectivity index (χ0) is 16.5. The molecule has 24 heavy (non-hydrogen) atoms. The largest absolute Gasteiger partial charge is 0.329 e. The summed E-state index contributed by atoms with van der Waals surface area (Å²) in [5.74, 6) is 1.81. The van der Waals surface area contributed by atoms with Crippen LogP contribution in [-0.4, -0.2) is 32.5 Å². The van der Waals surface area contributed by atoms with Crippen LogP contribution in [0.25, 0.3) is 11.2 Å². The van der Waals surface area contributed by atoms with Crippen molar-refractivity contribution in [2.75, 3.05) is 13.1 Å². The van der Waals surface area contributed by atoms with Gasteiger partial charge in [0.25, 0.3) is 0 Å². The minimum absolute atomic E-state index is 0.697. The van der Waals surface area contributed by atoms with Gasteiger partial charge in [-0.3, -0.25) is 4.90 Å². The summed E-state index contributed by atoms with van der Waals surface area (Å²) in [6, 6.07) is 13.0. The Morgan fingerprint density at radius 2 is 1.96 bits per heavy atom. The van der Waals surface area contributed by atoms with Crippen LogP contribution in [0.4, 0.5) is 0 Å². The predicted molar refractivity (Wildman–Crippen MR) is 96.9 cm³/mol. The van der Waals surface area contributed by atoms with E-state index in [1.54, 1.807) is 0 Å². The lowest BCUT2D eigenvalue weighted by atomic mass is 9.89. The van der Waals surface area contributed by atoms with E-state index in [2.05, 4.69) is 58.8 Å². The molecule has 1 aromatic carbocycles. The highest BCUT2D eigenvalue weighted by Crippen LogP contribution is 2.29. The molecule has 2 aromatic heterocycles. The monoisotopic (exact) mass is 320 g/mol. The fourth-order valence-corrected chi connectivity index (χ4v) is 3.76. The summed E-state index contributed by atoms with van der Waals surface area (Å²) in [4.78, 5) is 11.6. The van der Waals surface area contributed by atoms with Gasteiger partial charge in [0.1, 0.15) is 5.82 Å². The SMILES string of the molecule is Cc1cccc(C2CCN(Cc3nc4ncccc4n3C)CC2)c1. The van der Waals surface area contributed by atoms with Gasteiger partial charge in [0.05, 0.1) is 12.1 Å². The maximum atomic E-state index is 4.71. The number of nitrogens with zero attached hydrogens (tertiary/aromatic N) is 4. The first-order valence-electron chi connectivity index (χ1n) is 8.76. The molecule has 0 unspecified atom stereocenters. The molecule has 0 bridgehead atoms. The number of benzene rings is 1. The Kier molecular flexibility index (Phi) is 4.07. The molecule has 3 aromatic rings. The van der Waals surface area contributed by atoms with E-state index in [1.165, 1.54) is 24.0 Å². The standard InChI is InChI=1S/C20H24N4/c1-15-5-3-6-17(13-15)16-8-11-24(12-9-16)14-19-22-20-18(23(19)2)7-4-10-21-20/h3-7,10,13,16H,8-9,11-12,14H2,1-2H3. The molecule has 0 spiro atoms. The van der Waals surface area contributed by atoms with E-state index in [0.29, 0.717) is 5.92 Å². The molecule has 0 atom stereocenters. The normalized spacial score (nSPS) is 16.8. The summed E-state index contributed by atoms with van der Waals surface area (Å²) in [6.07, 6.45) is 4.27. The molecule has 124 valence electrons. The van der Waals surface area contributed by atoms with E-state index in [-0.39, 0.29) is 0 Å². The van der Waals surface area contributed by atoms with Gasteiger partial charge in [-0.15, -0.1) is 0 Å². The zero-order valence-corrected chi connectivity index (χ0v) is 14.4. The second kappa shape index (κ2) is 6.36. The number of hydrogen-bond donors (Lipinski definition) is 0. The van der Waals surface area contributed by atoms with Crippen LogP contribution < -0.4 is 0 Å². The van der Waals surface area contributed by atoms with Crippen molar-refractivity contribution in [3.05, 3.63) is 59.5 Å². The second-order valence-electron chi connectivity index (χ2n) is 6.90. The summed E-state index contributed by atoms with van der Waals surface area (Å²) < 4.78 is 2.18. The van der Waals surface area contributed by atoms with Crippen molar-refractivity contribution in [1.29, 1.82) is 0 Å². The van der Waals surface area contributed by atoms with Gasteiger partial charge >= 0.3 is 0 Å². The van der Waals surface area contributed by atoms with Crippen LogP contribution in [0.5, 0.6) is 0 Å². The zero-order valence-electron chi connectivity index (χ0n) is 14.4. The number of piperidine rings is 1. The number of aromatic nitrogens is 3. The van der Waals surface area contributed by atoms with Gasteiger partial charge in [0.15, 0.2) is 5.65 Å². The molecule has 3 heterocycles. The third-order valence-corrected chi connectivity index (χ3v) is 5.22. The molecule has 0 amide bonds. The van der Waals surface area contributed by atoms with Gasteiger partial charge in [0.2, 0.25) is 0 Å². The quantitative estimate of drug-likeness (QED) is 0.738. The van der Waals surface area contributed by atoms with E-state index in [4.69, 9.17) is 4.98 Å². The summed E-state index contributed by atoms with van der Waals surface area (Å²) >= 11 is 0. The molecule has 1 saturated heterocycles. The number of fused-ring (bicyclic) bond motifs is 1. The van der Waals surface area contributed by atoms with Crippen LogP contribution in [-0.2, 0) is 13.6 Å². The fourth-order valence-electron chi connectivity index (χ4n) is 3.76. The number of imidazole rings is 1. The summed E-state index contributed by atoms with van der Waals surface area (Å²) in [6.45, 7) is 5.36. The highest BCUT2D eigenvalue weighted by atomic mass is 15.2. The smallest absolute Gasteiger partial charge is 0.177 e. The number of pyridine rings is 1. The molecular formula is C20H24N4. The number of aryl methyl sites for hydroxylation is 2. The number of likely N-dealkylation sites (tertiary alicyclic amines) is 1. The second-order valence-corrected chi connectivity index (χ2v) is 6.90. The maximum absolute atomic E-state index is 4.71. The lowest BCUT2D eigenvalue weighted by Gasteiger charge is -2.32. The third-order valence-electron chi connectivity index (χ3n) is 5.22. The van der Waals surface area contributed by atoms with Crippen molar-refractivity contribution in [2.24, 2.45) is 7.05 Å². The highest BCUT2D eigenvalue weighted by molar-refractivity contribution is 5.71. The number of rotatable bonds is 3. The lowest BCUT2D eigenvalue weighted by molar-refractivity contribution is 0.199. The Bertz CT molecular complexity index is 844. The van der Waals surface area contributed by atoms with E-state index in [9.17, 15) is 0 Å². The van der Waals surface area contributed by atoms with Crippen molar-refractivity contribution in [3.63, 3.8) is 0 Å². The van der Waals surface area contributed by atoms with Crippen LogP contribution in [0.2, 0.25) is 0 Å². The highest BCUT2D eigenvalue weighted by Gasteiger charge is 2.22. The van der Waals surface area contributed by atoms with Gasteiger partial charge in [0, 0.05) is 13.2 Å². The van der Waals surface area contributed by atoms with E-state index < -0.39 is 0 Å². The average molecular weight is 320 g/mol. The van der Waals surface area contributed by atoms with E-state index in [1.807, 2.05) is 12.3 Å². The third kappa shape index (κ3) is 2.94. The minimum Gasteiger partial charge on any atom is -0.329 e. The van der Waals surface area contributed by atoms with E-state index in [0.717, 1.165) is 36.6 Å². The molecule has 1 aliphatic heterocycles. The maximum Gasteiger partial charge on any atom is 0.177 e. The Balaban J connectivity index is 1.43. The summed E-state index contributed by atoms with van der Waals surface area (Å²) in [5.41, 5.74) is 4.83. The van der Waals surface area contributed by atoms with Gasteiger partial charge < -0.3 is 4.57 Å². The molecule has 1 fully saturated rings. The summed E-state index contributed by atoms with van der Waals surface area (Å²) in [5, 5.41) is 0. The molecule has 0 radical (unpaired) electrons. The molecule has 4 nitrogen and oxygen atoms in total. The number of hydrogen-bond acceptors (Lipinski definition) is 3. The van der Waals surface area contributed by atoms with Gasteiger partial charge in [-0.25, -0.2) is 9.97 Å². The first-order chi connectivity index (χ1) is 11.7. The van der Waals surface area contributed by atoms with Gasteiger partial charge in [-0.05, 0) is 56.5 Å². The van der Waals surface area contributed by atoms with Crippen LogP contribution in [0.3, 0.4) is 0 Å². The molecule has 0 aliphatic carbocycles. The summed E-state index contributed by atoms with van der Waals surface area (Å²) in [7, 11) is 2.09. The van der Waals surface area contributed by atoms with Crippen molar-refractivity contribution in [2.45, 2.75) is 32.2 Å². The topological polar surface area (TPSA) is 34.0 Å². The molecular weight excluding hydrogens is 296 g/mol. The van der Waals surface area contributed by atoms with Gasteiger partial charge in [-0.2, -0.15) is 0 Å². The predicted octanol–water partition coefficient (Wildman–Crippen LogP) is 3.66. The van der Waals surface area contributed by atoms with E-state index >= 15 is 0 Å². The van der Waals surface area contributed by atoms with Crippen molar-refractivity contribution >= 4 is 11.2 Å². The Morgan fingerprint density at radius 3 is 2.71 bits per heavy atom.